The van der Waals surface area contributed by atoms with Gasteiger partial charge in [-0.05, 0) is 44.9 Å². The molecule has 0 atom stereocenters. The average Bonchev–Trinajstić information content (AvgIpc) is 2.41. The van der Waals surface area contributed by atoms with E-state index in [0.717, 1.165) is 29.2 Å². The molecule has 5 heteroatoms. The maximum Gasteiger partial charge on any atom is 0.232 e. The molecule has 19 heavy (non-hydrogen) atoms. The average molecular weight is 277 g/mol. The van der Waals surface area contributed by atoms with Crippen LogP contribution in [-0.2, 0) is 4.79 Å². The maximum absolute atomic E-state index is 11.9. The van der Waals surface area contributed by atoms with E-state index in [4.69, 9.17) is 5.26 Å². The summed E-state index contributed by atoms with van der Waals surface area (Å²) < 4.78 is 0. The first kappa shape index (κ1) is 15.5. The molecule has 1 aromatic rings. The van der Waals surface area contributed by atoms with E-state index in [-0.39, 0.29) is 5.91 Å². The van der Waals surface area contributed by atoms with Gasteiger partial charge < -0.3 is 4.90 Å². The number of hydrogen-bond donors (Lipinski definition) is 0. The van der Waals surface area contributed by atoms with E-state index in [9.17, 15) is 4.79 Å². The molecule has 0 N–H and O–H groups in total. The first-order valence-electron chi connectivity index (χ1n) is 6.32. The van der Waals surface area contributed by atoms with Crippen LogP contribution in [0.1, 0.15) is 30.7 Å². The first-order chi connectivity index (χ1) is 9.03. The fourth-order valence-electron chi connectivity index (χ4n) is 1.70. The minimum Gasteiger partial charge on any atom is -0.343 e. The second kappa shape index (κ2) is 7.15. The van der Waals surface area contributed by atoms with Crippen LogP contribution in [0.4, 0.5) is 0 Å². The molecule has 0 fully saturated rings. The lowest BCUT2D eigenvalue weighted by Crippen LogP contribution is -2.31. The third-order valence-electron chi connectivity index (χ3n) is 3.05. The minimum absolute atomic E-state index is 0.108. The van der Waals surface area contributed by atoms with Crippen LogP contribution in [0, 0.1) is 25.2 Å². The molecule has 0 aliphatic rings. The number of aromatic nitrogens is 1. The van der Waals surface area contributed by atoms with Gasteiger partial charge in [-0.25, -0.2) is 4.98 Å². The lowest BCUT2D eigenvalue weighted by atomic mass is 10.1. The van der Waals surface area contributed by atoms with Crippen LogP contribution in [0.2, 0.25) is 0 Å². The van der Waals surface area contributed by atoms with Crippen molar-refractivity contribution in [3.05, 3.63) is 22.9 Å². The van der Waals surface area contributed by atoms with Crippen LogP contribution in [0.25, 0.3) is 0 Å². The second-order valence-corrected chi connectivity index (χ2v) is 5.19. The largest absolute Gasteiger partial charge is 0.343 e. The Balaban J connectivity index is 2.81. The highest BCUT2D eigenvalue weighted by Crippen LogP contribution is 2.23. The molecule has 102 valence electrons. The summed E-state index contributed by atoms with van der Waals surface area (Å²) in [5.41, 5.74) is 2.47. The molecular formula is C14H19N3OS. The standard InChI is InChI=1S/C14H19N3OS/c1-5-17(6-2)13(18)9-19-14-11(4)10(3)7-12(8-15)16-14/h7H,5-6,9H2,1-4H3. The summed E-state index contributed by atoms with van der Waals surface area (Å²) in [4.78, 5) is 18.0. The number of amides is 1. The Morgan fingerprint density at radius 2 is 2.05 bits per heavy atom. The van der Waals surface area contributed by atoms with Crippen molar-refractivity contribution in [2.45, 2.75) is 32.7 Å². The zero-order valence-electron chi connectivity index (χ0n) is 11.9. The quantitative estimate of drug-likeness (QED) is 0.776. The summed E-state index contributed by atoms with van der Waals surface area (Å²) in [6.07, 6.45) is 0. The van der Waals surface area contributed by atoms with Gasteiger partial charge in [0.05, 0.1) is 5.75 Å². The van der Waals surface area contributed by atoms with Crippen molar-refractivity contribution < 1.29 is 4.79 Å². The van der Waals surface area contributed by atoms with Gasteiger partial charge in [-0.15, -0.1) is 0 Å². The molecule has 0 saturated carbocycles. The molecule has 0 aliphatic carbocycles. The number of hydrogen-bond acceptors (Lipinski definition) is 4. The van der Waals surface area contributed by atoms with Gasteiger partial charge in [-0.1, -0.05) is 11.8 Å². The number of nitrogens with zero attached hydrogens (tertiary/aromatic N) is 3. The van der Waals surface area contributed by atoms with Crippen molar-refractivity contribution in [2.75, 3.05) is 18.8 Å². The van der Waals surface area contributed by atoms with Gasteiger partial charge in [0.25, 0.3) is 0 Å². The molecule has 1 heterocycles. The topological polar surface area (TPSA) is 57.0 Å². The third-order valence-corrected chi connectivity index (χ3v) is 4.11. The second-order valence-electron chi connectivity index (χ2n) is 4.22. The van der Waals surface area contributed by atoms with E-state index < -0.39 is 0 Å². The first-order valence-corrected chi connectivity index (χ1v) is 7.30. The molecule has 0 aromatic carbocycles. The summed E-state index contributed by atoms with van der Waals surface area (Å²) in [6.45, 7) is 9.30. The molecule has 1 rings (SSSR count). The van der Waals surface area contributed by atoms with Crippen LogP contribution < -0.4 is 0 Å². The van der Waals surface area contributed by atoms with Crippen molar-refractivity contribution in [2.24, 2.45) is 0 Å². The molecule has 0 spiro atoms. The molecule has 0 saturated heterocycles. The zero-order chi connectivity index (χ0) is 14.4. The van der Waals surface area contributed by atoms with Crippen molar-refractivity contribution in [3.63, 3.8) is 0 Å². The minimum atomic E-state index is 0.108. The van der Waals surface area contributed by atoms with Crippen molar-refractivity contribution in [1.82, 2.24) is 9.88 Å². The normalized spacial score (nSPS) is 10.1. The van der Waals surface area contributed by atoms with Crippen LogP contribution >= 0.6 is 11.8 Å². The lowest BCUT2D eigenvalue weighted by molar-refractivity contribution is -0.127. The van der Waals surface area contributed by atoms with Crippen molar-refractivity contribution in [3.8, 4) is 6.07 Å². The van der Waals surface area contributed by atoms with Gasteiger partial charge in [-0.3, -0.25) is 4.79 Å². The van der Waals surface area contributed by atoms with E-state index in [1.165, 1.54) is 11.8 Å². The smallest absolute Gasteiger partial charge is 0.232 e. The monoisotopic (exact) mass is 277 g/mol. The highest BCUT2D eigenvalue weighted by Gasteiger charge is 2.13. The fraction of sp³-hybridized carbons (Fsp3) is 0.500. The van der Waals surface area contributed by atoms with E-state index in [0.29, 0.717) is 11.4 Å². The molecule has 0 radical (unpaired) electrons. The van der Waals surface area contributed by atoms with Gasteiger partial charge in [0.1, 0.15) is 16.8 Å². The van der Waals surface area contributed by atoms with E-state index in [1.807, 2.05) is 33.8 Å². The van der Waals surface area contributed by atoms with Gasteiger partial charge in [0, 0.05) is 13.1 Å². The third kappa shape index (κ3) is 3.97. The zero-order valence-corrected chi connectivity index (χ0v) is 12.7. The number of nitriles is 1. The van der Waals surface area contributed by atoms with E-state index in [1.54, 1.807) is 11.0 Å². The summed E-state index contributed by atoms with van der Waals surface area (Å²) in [5.74, 6) is 0.473. The summed E-state index contributed by atoms with van der Waals surface area (Å²) >= 11 is 1.40. The summed E-state index contributed by atoms with van der Waals surface area (Å²) in [5, 5.41) is 9.70. The van der Waals surface area contributed by atoms with E-state index >= 15 is 0 Å². The highest BCUT2D eigenvalue weighted by atomic mass is 32.2. The van der Waals surface area contributed by atoms with Crippen LogP contribution in [-0.4, -0.2) is 34.6 Å². The van der Waals surface area contributed by atoms with Crippen LogP contribution in [0.3, 0.4) is 0 Å². The number of carbonyl (C=O) groups is 1. The van der Waals surface area contributed by atoms with Crippen molar-refractivity contribution >= 4 is 17.7 Å². The number of pyridine rings is 1. The number of carbonyl (C=O) groups excluding carboxylic acids is 1. The maximum atomic E-state index is 11.9. The molecule has 1 aromatic heterocycles. The van der Waals surface area contributed by atoms with Gasteiger partial charge in [0.2, 0.25) is 5.91 Å². The molecule has 1 amide bonds. The SMILES string of the molecule is CCN(CC)C(=O)CSc1nc(C#N)cc(C)c1C. The Morgan fingerprint density at radius 3 is 2.58 bits per heavy atom. The Morgan fingerprint density at radius 1 is 1.42 bits per heavy atom. The molecule has 4 nitrogen and oxygen atoms in total. The molecule has 0 bridgehead atoms. The van der Waals surface area contributed by atoms with Crippen LogP contribution in [0.5, 0.6) is 0 Å². The number of rotatable bonds is 5. The molecule has 0 unspecified atom stereocenters. The Bertz CT molecular complexity index is 504. The Hall–Kier alpha value is -1.54. The lowest BCUT2D eigenvalue weighted by Gasteiger charge is -2.18. The predicted octanol–water partition coefficient (Wildman–Crippen LogP) is 2.53. The number of thioether (sulfide) groups is 1. The Kier molecular flexibility index (Phi) is 5.84. The highest BCUT2D eigenvalue weighted by molar-refractivity contribution is 7.99. The van der Waals surface area contributed by atoms with Gasteiger partial charge >= 0.3 is 0 Å². The van der Waals surface area contributed by atoms with Crippen LogP contribution in [0.15, 0.2) is 11.1 Å². The summed E-state index contributed by atoms with van der Waals surface area (Å²) in [7, 11) is 0. The van der Waals surface area contributed by atoms with Gasteiger partial charge in [-0.2, -0.15) is 5.26 Å². The molecule has 0 aliphatic heterocycles. The van der Waals surface area contributed by atoms with Crippen molar-refractivity contribution in [1.29, 1.82) is 5.26 Å². The van der Waals surface area contributed by atoms with Gasteiger partial charge in [0.15, 0.2) is 0 Å². The predicted molar refractivity (Wildman–Crippen MR) is 77.1 cm³/mol. The van der Waals surface area contributed by atoms with E-state index in [2.05, 4.69) is 4.98 Å². The summed E-state index contributed by atoms with van der Waals surface area (Å²) in [6, 6.07) is 3.82. The molecular weight excluding hydrogens is 258 g/mol. The fourth-order valence-corrected chi connectivity index (χ4v) is 2.69. The number of aryl methyl sites for hydroxylation is 1. The Labute approximate surface area is 118 Å².